The van der Waals surface area contributed by atoms with Crippen LogP contribution in [0.4, 0.5) is 0 Å². The Kier molecular flexibility index (Phi) is 5.51. The van der Waals surface area contributed by atoms with Gasteiger partial charge in [-0.1, -0.05) is 6.92 Å². The molecule has 1 fully saturated rings. The first-order valence-electron chi connectivity index (χ1n) is 9.44. The van der Waals surface area contributed by atoms with Crippen LogP contribution in [0.15, 0.2) is 22.9 Å². The number of carbonyl (C=O) groups excluding carboxylic acids is 1. The monoisotopic (exact) mass is 358 g/mol. The number of nitrogens with zero attached hydrogens (tertiary/aromatic N) is 4. The van der Waals surface area contributed by atoms with Crippen molar-refractivity contribution in [3.8, 4) is 0 Å². The predicted molar refractivity (Wildman–Crippen MR) is 101 cm³/mol. The molecule has 1 amide bonds. The number of hydrogen-bond donors (Lipinski definition) is 0. The topological polar surface area (TPSA) is 54.5 Å². The lowest BCUT2D eigenvalue weighted by Crippen LogP contribution is -2.42. The fraction of sp³-hybridized carbons (Fsp3) is 0.600. The highest BCUT2D eigenvalue weighted by atomic mass is 16.4. The lowest BCUT2D eigenvalue weighted by atomic mass is 9.85. The summed E-state index contributed by atoms with van der Waals surface area (Å²) in [6.07, 6.45) is 7.10. The normalized spacial score (nSPS) is 21.1. The number of rotatable bonds is 5. The molecule has 1 aliphatic rings. The average Bonchev–Trinajstić information content (AvgIpc) is 3.19. The summed E-state index contributed by atoms with van der Waals surface area (Å²) in [6, 6.07) is 2.25. The van der Waals surface area contributed by atoms with Crippen LogP contribution in [0.25, 0.3) is 0 Å². The van der Waals surface area contributed by atoms with Gasteiger partial charge in [0.25, 0.3) is 5.91 Å². The number of furan rings is 1. The molecule has 0 aliphatic carbocycles. The third kappa shape index (κ3) is 3.70. The smallest absolute Gasteiger partial charge is 0.289 e. The minimum absolute atomic E-state index is 0.0274. The largest absolute Gasteiger partial charge is 0.456 e. The summed E-state index contributed by atoms with van der Waals surface area (Å²) in [4.78, 5) is 17.1. The highest BCUT2D eigenvalue weighted by molar-refractivity contribution is 5.92. The van der Waals surface area contributed by atoms with E-state index in [0.29, 0.717) is 18.2 Å². The van der Waals surface area contributed by atoms with E-state index in [9.17, 15) is 4.79 Å². The maximum absolute atomic E-state index is 12.9. The third-order valence-corrected chi connectivity index (χ3v) is 5.44. The fourth-order valence-corrected chi connectivity index (χ4v) is 4.11. The van der Waals surface area contributed by atoms with Gasteiger partial charge in [-0.25, -0.2) is 0 Å². The quantitative estimate of drug-likeness (QED) is 0.824. The van der Waals surface area contributed by atoms with Crippen LogP contribution in [0.2, 0.25) is 0 Å². The Labute approximate surface area is 155 Å². The van der Waals surface area contributed by atoms with Crippen molar-refractivity contribution in [2.45, 2.75) is 39.2 Å². The van der Waals surface area contributed by atoms with Crippen molar-refractivity contribution >= 4 is 5.91 Å². The molecule has 2 aromatic rings. The first kappa shape index (κ1) is 18.7. The van der Waals surface area contributed by atoms with Gasteiger partial charge in [0.1, 0.15) is 5.76 Å². The number of amides is 1. The summed E-state index contributed by atoms with van der Waals surface area (Å²) < 4.78 is 7.61. The number of piperidine rings is 1. The van der Waals surface area contributed by atoms with Crippen LogP contribution in [-0.4, -0.2) is 52.7 Å². The molecule has 2 atom stereocenters. The second-order valence-corrected chi connectivity index (χ2v) is 7.54. The first-order chi connectivity index (χ1) is 12.4. The van der Waals surface area contributed by atoms with Crippen molar-refractivity contribution in [3.63, 3.8) is 0 Å². The molecule has 6 heteroatoms. The predicted octanol–water partition coefficient (Wildman–Crippen LogP) is 3.04. The van der Waals surface area contributed by atoms with Gasteiger partial charge in [-0.15, -0.1) is 0 Å². The second-order valence-electron chi connectivity index (χ2n) is 7.54. The molecule has 0 bridgehead atoms. The summed E-state index contributed by atoms with van der Waals surface area (Å²) in [5.74, 6) is 1.70. The molecule has 3 heterocycles. The third-order valence-electron chi connectivity index (χ3n) is 5.44. The highest BCUT2D eigenvalue weighted by Crippen LogP contribution is 2.35. The molecule has 0 N–H and O–H groups in total. The minimum Gasteiger partial charge on any atom is -0.456 e. The van der Waals surface area contributed by atoms with Crippen LogP contribution in [0, 0.1) is 12.8 Å². The molecule has 0 aromatic carbocycles. The van der Waals surface area contributed by atoms with Gasteiger partial charge >= 0.3 is 0 Å². The van der Waals surface area contributed by atoms with E-state index in [0.717, 1.165) is 37.1 Å². The number of carbonyl (C=O) groups is 1. The van der Waals surface area contributed by atoms with Gasteiger partial charge in [0.15, 0.2) is 5.76 Å². The zero-order chi connectivity index (χ0) is 18.8. The minimum atomic E-state index is -0.0274. The van der Waals surface area contributed by atoms with Crippen molar-refractivity contribution in [2.75, 3.05) is 27.2 Å². The van der Waals surface area contributed by atoms with Gasteiger partial charge in [-0.05, 0) is 45.3 Å². The van der Waals surface area contributed by atoms with E-state index in [1.54, 1.807) is 0 Å². The SMILES string of the molecule is CCc1cc(C)c(C(=O)N(C)C[C@@H]2CCCN(C)[C@H]2c2cnn(C)c2)o1. The van der Waals surface area contributed by atoms with E-state index in [1.807, 2.05) is 49.8 Å². The fourth-order valence-electron chi connectivity index (χ4n) is 4.11. The first-order valence-corrected chi connectivity index (χ1v) is 9.44. The summed E-state index contributed by atoms with van der Waals surface area (Å²) in [6.45, 7) is 5.76. The Morgan fingerprint density at radius 2 is 2.19 bits per heavy atom. The maximum Gasteiger partial charge on any atom is 0.289 e. The van der Waals surface area contributed by atoms with E-state index in [1.165, 1.54) is 5.56 Å². The van der Waals surface area contributed by atoms with Gasteiger partial charge in [-0.2, -0.15) is 5.10 Å². The standard InChI is InChI=1S/C20H30N4O2/c1-6-17-10-14(2)19(26-17)20(25)23(4)12-15-8-7-9-22(3)18(15)16-11-21-24(5)13-16/h10-11,13,15,18H,6-9,12H2,1-5H3/t15-,18+/m0/s1. The summed E-state index contributed by atoms with van der Waals surface area (Å²) >= 11 is 0. The molecule has 0 unspecified atom stereocenters. The summed E-state index contributed by atoms with van der Waals surface area (Å²) in [5, 5.41) is 4.34. The van der Waals surface area contributed by atoms with E-state index < -0.39 is 0 Å². The van der Waals surface area contributed by atoms with Crippen LogP contribution in [0.3, 0.4) is 0 Å². The van der Waals surface area contributed by atoms with E-state index in [4.69, 9.17) is 4.42 Å². The van der Waals surface area contributed by atoms with Crippen molar-refractivity contribution in [3.05, 3.63) is 41.1 Å². The highest BCUT2D eigenvalue weighted by Gasteiger charge is 2.33. The summed E-state index contributed by atoms with van der Waals surface area (Å²) in [5.41, 5.74) is 2.14. The molecule has 2 aromatic heterocycles. The Morgan fingerprint density at radius 1 is 1.42 bits per heavy atom. The second kappa shape index (κ2) is 7.66. The van der Waals surface area contributed by atoms with Crippen molar-refractivity contribution in [1.82, 2.24) is 19.6 Å². The zero-order valence-electron chi connectivity index (χ0n) is 16.5. The van der Waals surface area contributed by atoms with Gasteiger partial charge < -0.3 is 9.32 Å². The van der Waals surface area contributed by atoms with Crippen LogP contribution < -0.4 is 0 Å². The molecule has 142 valence electrons. The Bertz CT molecular complexity index is 764. The lowest BCUT2D eigenvalue weighted by Gasteiger charge is -2.40. The van der Waals surface area contributed by atoms with Crippen LogP contribution >= 0.6 is 0 Å². The molecular formula is C20H30N4O2. The Morgan fingerprint density at radius 3 is 2.81 bits per heavy atom. The average molecular weight is 358 g/mol. The number of aryl methyl sites for hydroxylation is 3. The van der Waals surface area contributed by atoms with E-state index >= 15 is 0 Å². The lowest BCUT2D eigenvalue weighted by molar-refractivity contribution is 0.0617. The molecule has 0 spiro atoms. The number of hydrogen-bond acceptors (Lipinski definition) is 4. The van der Waals surface area contributed by atoms with Crippen LogP contribution in [0.1, 0.15) is 53.2 Å². The number of aromatic nitrogens is 2. The molecule has 26 heavy (non-hydrogen) atoms. The van der Waals surface area contributed by atoms with E-state index in [2.05, 4.69) is 23.2 Å². The molecule has 0 radical (unpaired) electrons. The Balaban J connectivity index is 1.76. The van der Waals surface area contributed by atoms with Crippen molar-refractivity contribution in [2.24, 2.45) is 13.0 Å². The van der Waals surface area contributed by atoms with Crippen LogP contribution in [0.5, 0.6) is 0 Å². The van der Waals surface area contributed by atoms with Gasteiger partial charge in [-0.3, -0.25) is 14.4 Å². The Hall–Kier alpha value is -2.08. The molecule has 1 saturated heterocycles. The van der Waals surface area contributed by atoms with Crippen molar-refractivity contribution in [1.29, 1.82) is 0 Å². The number of likely N-dealkylation sites (tertiary alicyclic amines) is 1. The molecule has 0 saturated carbocycles. The van der Waals surface area contributed by atoms with Gasteiger partial charge in [0, 0.05) is 50.4 Å². The van der Waals surface area contributed by atoms with E-state index in [-0.39, 0.29) is 11.9 Å². The molecular weight excluding hydrogens is 328 g/mol. The molecule has 6 nitrogen and oxygen atoms in total. The van der Waals surface area contributed by atoms with Gasteiger partial charge in [0.2, 0.25) is 0 Å². The van der Waals surface area contributed by atoms with Gasteiger partial charge in [0.05, 0.1) is 6.20 Å². The maximum atomic E-state index is 12.9. The molecule has 3 rings (SSSR count). The molecule has 1 aliphatic heterocycles. The zero-order valence-corrected chi connectivity index (χ0v) is 16.5. The summed E-state index contributed by atoms with van der Waals surface area (Å²) in [7, 11) is 5.99. The van der Waals surface area contributed by atoms with Crippen molar-refractivity contribution < 1.29 is 9.21 Å². The van der Waals surface area contributed by atoms with Crippen LogP contribution in [-0.2, 0) is 13.5 Å².